The summed E-state index contributed by atoms with van der Waals surface area (Å²) in [5.74, 6) is -0.795. The molecule has 0 atom stereocenters. The summed E-state index contributed by atoms with van der Waals surface area (Å²) in [6.45, 7) is 0. The Morgan fingerprint density at radius 3 is 2.50 bits per heavy atom. The number of aromatic nitrogens is 3. The number of rotatable bonds is 1. The maximum Gasteiger partial charge on any atom is 0.254 e. The smallest absolute Gasteiger partial charge is 0.254 e. The SMILES string of the molecule is NC(=O)c1c(=O)c2ccccc2c2nc3c[nH]ccc3nc12. The fourth-order valence-electron chi connectivity index (χ4n) is 2.66. The minimum atomic E-state index is -0.795. The Balaban J connectivity index is 2.38. The third kappa shape index (κ3) is 1.61. The van der Waals surface area contributed by atoms with Crippen molar-refractivity contribution in [2.24, 2.45) is 5.73 Å². The highest BCUT2D eigenvalue weighted by atomic mass is 16.2. The van der Waals surface area contributed by atoms with Crippen molar-refractivity contribution in [2.45, 2.75) is 0 Å². The first-order valence-electron chi connectivity index (χ1n) is 6.66. The van der Waals surface area contributed by atoms with E-state index in [1.165, 1.54) is 0 Å². The van der Waals surface area contributed by atoms with Gasteiger partial charge >= 0.3 is 0 Å². The third-order valence-corrected chi connectivity index (χ3v) is 3.65. The second-order valence-electron chi connectivity index (χ2n) is 4.95. The number of pyridine rings is 1. The molecule has 0 saturated carbocycles. The van der Waals surface area contributed by atoms with E-state index >= 15 is 0 Å². The summed E-state index contributed by atoms with van der Waals surface area (Å²) < 4.78 is 0. The molecule has 0 aliphatic carbocycles. The number of primary amides is 1. The van der Waals surface area contributed by atoms with Gasteiger partial charge in [-0.15, -0.1) is 0 Å². The van der Waals surface area contributed by atoms with Gasteiger partial charge in [0.15, 0.2) is 0 Å². The molecule has 0 saturated heterocycles. The summed E-state index contributed by atoms with van der Waals surface area (Å²) >= 11 is 0. The van der Waals surface area contributed by atoms with Crippen LogP contribution < -0.4 is 11.2 Å². The Labute approximate surface area is 123 Å². The number of fused-ring (bicyclic) bond motifs is 4. The minimum Gasteiger partial charge on any atom is -0.366 e. The zero-order chi connectivity index (χ0) is 15.3. The minimum absolute atomic E-state index is 0.115. The van der Waals surface area contributed by atoms with Crippen LogP contribution in [0.5, 0.6) is 0 Å². The largest absolute Gasteiger partial charge is 0.366 e. The standard InChI is InChI=1S/C16H10N4O2/c17-16(22)12-14-13(8-3-1-2-4-9(8)15(12)21)20-11-7-18-6-5-10(11)19-14/h1-7,18H,(H2,17,22). The summed E-state index contributed by atoms with van der Waals surface area (Å²) in [5.41, 5.74) is 6.85. The number of carbonyl (C=O) groups is 1. The fraction of sp³-hybridized carbons (Fsp3) is 0. The van der Waals surface area contributed by atoms with Crippen LogP contribution in [0.1, 0.15) is 10.4 Å². The Morgan fingerprint density at radius 1 is 1.00 bits per heavy atom. The molecule has 22 heavy (non-hydrogen) atoms. The maximum atomic E-state index is 12.5. The maximum absolute atomic E-state index is 12.5. The first-order chi connectivity index (χ1) is 10.7. The Morgan fingerprint density at radius 2 is 1.73 bits per heavy atom. The number of nitrogens with zero attached hydrogens (tertiary/aromatic N) is 2. The van der Waals surface area contributed by atoms with E-state index in [0.29, 0.717) is 27.3 Å². The van der Waals surface area contributed by atoms with E-state index in [9.17, 15) is 9.59 Å². The lowest BCUT2D eigenvalue weighted by Crippen LogP contribution is -2.23. The van der Waals surface area contributed by atoms with Crippen molar-refractivity contribution in [3.8, 4) is 0 Å². The molecule has 0 unspecified atom stereocenters. The number of amides is 1. The highest BCUT2D eigenvalue weighted by molar-refractivity contribution is 6.15. The van der Waals surface area contributed by atoms with Crippen molar-refractivity contribution in [3.63, 3.8) is 0 Å². The van der Waals surface area contributed by atoms with E-state index in [4.69, 9.17) is 5.73 Å². The molecule has 6 nitrogen and oxygen atoms in total. The highest BCUT2D eigenvalue weighted by Crippen LogP contribution is 2.24. The van der Waals surface area contributed by atoms with Gasteiger partial charge in [0.25, 0.3) is 5.91 Å². The van der Waals surface area contributed by atoms with Crippen LogP contribution in [0, 0.1) is 0 Å². The molecule has 0 bridgehead atoms. The van der Waals surface area contributed by atoms with E-state index in [2.05, 4.69) is 15.0 Å². The average molecular weight is 290 g/mol. The van der Waals surface area contributed by atoms with Gasteiger partial charge in [-0.3, -0.25) is 9.59 Å². The second-order valence-corrected chi connectivity index (χ2v) is 4.95. The molecule has 2 aromatic carbocycles. The van der Waals surface area contributed by atoms with Crippen molar-refractivity contribution in [3.05, 3.63) is 58.5 Å². The molecule has 2 aromatic heterocycles. The first kappa shape index (κ1) is 12.5. The summed E-state index contributed by atoms with van der Waals surface area (Å²) in [7, 11) is 0. The molecule has 106 valence electrons. The Kier molecular flexibility index (Phi) is 2.47. The highest BCUT2D eigenvalue weighted by Gasteiger charge is 2.19. The monoisotopic (exact) mass is 290 g/mol. The third-order valence-electron chi connectivity index (χ3n) is 3.65. The number of hydrogen-bond donors (Lipinski definition) is 2. The zero-order valence-corrected chi connectivity index (χ0v) is 11.3. The summed E-state index contributed by atoms with van der Waals surface area (Å²) in [5, 5.41) is 1.07. The van der Waals surface area contributed by atoms with Crippen LogP contribution >= 0.6 is 0 Å². The van der Waals surface area contributed by atoms with Gasteiger partial charge in [0.05, 0.1) is 11.0 Å². The van der Waals surface area contributed by atoms with Crippen LogP contribution in [0.25, 0.3) is 32.8 Å². The number of carbonyl (C=O) groups excluding carboxylic acids is 1. The zero-order valence-electron chi connectivity index (χ0n) is 11.3. The molecule has 0 fully saturated rings. The molecular weight excluding hydrogens is 280 g/mol. The number of nitrogens with one attached hydrogen (secondary N) is 1. The van der Waals surface area contributed by atoms with Crippen LogP contribution in [0.2, 0.25) is 0 Å². The van der Waals surface area contributed by atoms with E-state index in [-0.39, 0.29) is 11.1 Å². The molecule has 0 aliphatic rings. The lowest BCUT2D eigenvalue weighted by molar-refractivity contribution is 0.100. The fourth-order valence-corrected chi connectivity index (χ4v) is 2.66. The van der Waals surface area contributed by atoms with Crippen molar-refractivity contribution in [1.29, 1.82) is 0 Å². The number of hydrogen-bond acceptors (Lipinski definition) is 4. The van der Waals surface area contributed by atoms with Crippen LogP contribution in [-0.4, -0.2) is 20.9 Å². The summed E-state index contributed by atoms with van der Waals surface area (Å²) in [6, 6.07) is 8.73. The summed E-state index contributed by atoms with van der Waals surface area (Å²) in [4.78, 5) is 36.2. The Hall–Kier alpha value is -3.28. The first-order valence-corrected chi connectivity index (χ1v) is 6.66. The number of nitrogens with two attached hydrogens (primary N) is 1. The number of aromatic amines is 1. The van der Waals surface area contributed by atoms with Gasteiger partial charge in [0.2, 0.25) is 5.43 Å². The van der Waals surface area contributed by atoms with E-state index in [1.807, 2.05) is 6.07 Å². The number of benzene rings is 2. The lowest BCUT2D eigenvalue weighted by atomic mass is 10.0. The van der Waals surface area contributed by atoms with Crippen LogP contribution in [-0.2, 0) is 0 Å². The van der Waals surface area contributed by atoms with Crippen molar-refractivity contribution >= 4 is 38.7 Å². The quantitative estimate of drug-likeness (QED) is 0.411. The van der Waals surface area contributed by atoms with Crippen LogP contribution in [0.15, 0.2) is 47.5 Å². The average Bonchev–Trinajstić information content (AvgIpc) is 2.53. The molecule has 2 heterocycles. The Bertz CT molecular complexity index is 1130. The predicted octanol–water partition coefficient (Wildman–Crippen LogP) is 1.72. The number of H-pyrrole nitrogens is 1. The molecular formula is C16H10N4O2. The molecule has 4 aromatic rings. The molecule has 0 spiro atoms. The summed E-state index contributed by atoms with van der Waals surface area (Å²) in [6.07, 6.45) is 3.41. The van der Waals surface area contributed by atoms with E-state index in [0.717, 1.165) is 0 Å². The molecule has 6 heteroatoms. The molecule has 0 radical (unpaired) electrons. The second kappa shape index (κ2) is 4.36. The molecule has 4 rings (SSSR count). The van der Waals surface area contributed by atoms with Gasteiger partial charge < -0.3 is 10.7 Å². The van der Waals surface area contributed by atoms with Gasteiger partial charge in [0.1, 0.15) is 16.6 Å². The van der Waals surface area contributed by atoms with Crippen LogP contribution in [0.3, 0.4) is 0 Å². The van der Waals surface area contributed by atoms with Crippen molar-refractivity contribution in [1.82, 2.24) is 15.0 Å². The topological polar surface area (TPSA) is 102 Å². The van der Waals surface area contributed by atoms with Gasteiger partial charge in [-0.1, -0.05) is 24.3 Å². The van der Waals surface area contributed by atoms with Gasteiger partial charge in [0, 0.05) is 23.2 Å². The van der Waals surface area contributed by atoms with E-state index < -0.39 is 11.3 Å². The molecule has 3 N–H and O–H groups in total. The predicted molar refractivity (Wildman–Crippen MR) is 83.7 cm³/mol. The van der Waals surface area contributed by atoms with Crippen molar-refractivity contribution < 1.29 is 4.79 Å². The lowest BCUT2D eigenvalue weighted by Gasteiger charge is -2.07. The molecule has 0 aliphatic heterocycles. The van der Waals surface area contributed by atoms with Gasteiger partial charge in [-0.2, -0.15) is 0 Å². The van der Waals surface area contributed by atoms with Crippen LogP contribution in [0.4, 0.5) is 0 Å². The van der Waals surface area contributed by atoms with Gasteiger partial charge in [-0.25, -0.2) is 9.97 Å². The van der Waals surface area contributed by atoms with Gasteiger partial charge in [-0.05, 0) is 6.07 Å². The molecule has 1 amide bonds. The van der Waals surface area contributed by atoms with Crippen molar-refractivity contribution in [2.75, 3.05) is 0 Å². The van der Waals surface area contributed by atoms with E-state index in [1.54, 1.807) is 36.7 Å². The normalized spacial score (nSPS) is 11.3.